The summed E-state index contributed by atoms with van der Waals surface area (Å²) in [5.74, 6) is -0.753. The first kappa shape index (κ1) is 21.8. The fraction of sp³-hybridized carbons (Fsp3) is 0.455. The van der Waals surface area contributed by atoms with Crippen molar-refractivity contribution in [1.82, 2.24) is 10.4 Å². The maximum Gasteiger partial charge on any atom is 0.316 e. The number of esters is 1. The molecule has 4 rings (SSSR count). The average Bonchev–Trinajstić information content (AvgIpc) is 3.34. The van der Waals surface area contributed by atoms with Gasteiger partial charge in [-0.15, -0.1) is 0 Å². The molecule has 0 aliphatic carbocycles. The van der Waals surface area contributed by atoms with E-state index >= 15 is 0 Å². The van der Waals surface area contributed by atoms with Crippen molar-refractivity contribution in [2.75, 3.05) is 6.61 Å². The number of hydrogen-bond donors (Lipinski definition) is 1. The molecule has 2 aliphatic heterocycles. The largest absolute Gasteiger partial charge is 0.465 e. The molecule has 3 atom stereocenters. The van der Waals surface area contributed by atoms with Crippen LogP contribution in [0.25, 0.3) is 0 Å². The zero-order valence-electron chi connectivity index (χ0n) is 17.6. The van der Waals surface area contributed by atoms with Gasteiger partial charge >= 0.3 is 11.9 Å². The fourth-order valence-electron chi connectivity index (χ4n) is 4.45. The minimum absolute atomic E-state index is 0.136. The van der Waals surface area contributed by atoms with Gasteiger partial charge in [0.2, 0.25) is 0 Å². The molecule has 0 radical (unpaired) electrons. The first-order valence-corrected chi connectivity index (χ1v) is 10.6. The van der Waals surface area contributed by atoms with Gasteiger partial charge in [-0.1, -0.05) is 23.7 Å². The maximum atomic E-state index is 13.4. The number of benzene rings is 1. The molecule has 1 aromatic heterocycles. The van der Waals surface area contributed by atoms with E-state index in [0.29, 0.717) is 24.3 Å². The molecule has 0 spiro atoms. The van der Waals surface area contributed by atoms with Gasteiger partial charge in [-0.25, -0.2) is 9.78 Å². The third-order valence-corrected chi connectivity index (χ3v) is 6.48. The van der Waals surface area contributed by atoms with Crippen LogP contribution in [0, 0.1) is 5.41 Å². The Hall–Kier alpha value is -2.39. The molecule has 9 heteroatoms. The molecule has 8 nitrogen and oxygen atoms in total. The van der Waals surface area contributed by atoms with Gasteiger partial charge in [-0.05, 0) is 69.9 Å². The number of amides is 1. The number of halogens is 1. The van der Waals surface area contributed by atoms with Crippen molar-refractivity contribution in [3.8, 4) is 0 Å². The number of carbonyl (C=O) groups is 2. The molecule has 2 fully saturated rings. The minimum Gasteiger partial charge on any atom is -0.465 e. The average molecular weight is 449 g/mol. The lowest BCUT2D eigenvalue weighted by atomic mass is 9.66. The Labute approximate surface area is 185 Å². The Bertz CT molecular complexity index is 965. The molecule has 2 aromatic rings. The van der Waals surface area contributed by atoms with E-state index in [1.165, 1.54) is 6.26 Å². The van der Waals surface area contributed by atoms with Crippen molar-refractivity contribution in [1.29, 1.82) is 0 Å². The molecule has 2 bridgehead atoms. The number of ether oxygens (including phenoxy) is 1. The van der Waals surface area contributed by atoms with E-state index in [2.05, 4.69) is 5.43 Å². The predicted molar refractivity (Wildman–Crippen MR) is 110 cm³/mol. The molecule has 0 saturated carbocycles. The van der Waals surface area contributed by atoms with Crippen LogP contribution in [-0.4, -0.2) is 34.9 Å². The van der Waals surface area contributed by atoms with Gasteiger partial charge in [0.05, 0.1) is 12.9 Å². The van der Waals surface area contributed by atoms with Gasteiger partial charge in [0.1, 0.15) is 5.41 Å². The lowest BCUT2D eigenvalue weighted by molar-refractivity contribution is -0.350. The molecule has 3 unspecified atom stereocenters. The normalized spacial score (nSPS) is 30.2. The second-order valence-electron chi connectivity index (χ2n) is 8.18. The summed E-state index contributed by atoms with van der Waals surface area (Å²) >= 11 is 6.04. The second-order valence-corrected chi connectivity index (χ2v) is 8.62. The summed E-state index contributed by atoms with van der Waals surface area (Å²) in [5.41, 5.74) is 0.263. The molecule has 3 heterocycles. The van der Waals surface area contributed by atoms with Crippen molar-refractivity contribution in [2.24, 2.45) is 5.41 Å². The highest BCUT2D eigenvalue weighted by molar-refractivity contribution is 6.30. The van der Waals surface area contributed by atoms with E-state index in [-0.39, 0.29) is 12.4 Å². The Morgan fingerprint density at radius 2 is 1.90 bits per heavy atom. The van der Waals surface area contributed by atoms with Gasteiger partial charge in [0.25, 0.3) is 0 Å². The summed E-state index contributed by atoms with van der Waals surface area (Å²) in [4.78, 5) is 37.7. The van der Waals surface area contributed by atoms with Crippen LogP contribution >= 0.6 is 11.6 Å². The van der Waals surface area contributed by atoms with Gasteiger partial charge < -0.3 is 9.15 Å². The van der Waals surface area contributed by atoms with Crippen LogP contribution in [-0.2, 0) is 25.7 Å². The van der Waals surface area contributed by atoms with Crippen LogP contribution in [0.5, 0.6) is 0 Å². The Morgan fingerprint density at radius 1 is 1.16 bits per heavy atom. The number of rotatable bonds is 6. The van der Waals surface area contributed by atoms with Crippen LogP contribution in [0.3, 0.4) is 0 Å². The van der Waals surface area contributed by atoms with Gasteiger partial charge in [-0.2, -0.15) is 5.01 Å². The highest BCUT2D eigenvalue weighted by Crippen LogP contribution is 2.57. The van der Waals surface area contributed by atoms with E-state index in [0.717, 1.165) is 5.56 Å². The van der Waals surface area contributed by atoms with Crippen molar-refractivity contribution in [3.63, 3.8) is 0 Å². The van der Waals surface area contributed by atoms with E-state index < -0.39 is 28.7 Å². The van der Waals surface area contributed by atoms with Crippen LogP contribution < -0.4 is 5.43 Å². The first-order valence-electron chi connectivity index (χ1n) is 10.2. The standard InChI is InChI=1S/C22H25ClN2O6/c1-4-28-19(27)22(14-15-7-9-16(23)10-8-15)12-11-20(2)25(21(22,3)31-30-20)24-18(26)17-6-5-13-29-17/h5-10,13H,4,11-12,14H2,1-3H3,(H,24,26). The quantitative estimate of drug-likeness (QED) is 0.530. The summed E-state index contributed by atoms with van der Waals surface area (Å²) in [7, 11) is 0. The summed E-state index contributed by atoms with van der Waals surface area (Å²) in [6, 6.07) is 10.4. The van der Waals surface area contributed by atoms with Crippen LogP contribution in [0.15, 0.2) is 47.1 Å². The smallest absolute Gasteiger partial charge is 0.316 e. The lowest BCUT2D eigenvalue weighted by Crippen LogP contribution is -2.72. The van der Waals surface area contributed by atoms with Crippen LogP contribution in [0.1, 0.15) is 49.7 Å². The number of nitrogens with one attached hydrogen (secondary N) is 1. The van der Waals surface area contributed by atoms with Crippen molar-refractivity contribution in [3.05, 3.63) is 59.0 Å². The molecule has 2 aliphatic rings. The van der Waals surface area contributed by atoms with E-state index in [4.69, 9.17) is 30.5 Å². The molecular weight excluding hydrogens is 424 g/mol. The monoisotopic (exact) mass is 448 g/mol. The number of nitrogens with zero attached hydrogens (tertiary/aromatic N) is 1. The molecule has 1 amide bonds. The number of carbonyl (C=O) groups excluding carboxylic acids is 2. The zero-order chi connectivity index (χ0) is 22.3. The highest BCUT2D eigenvalue weighted by atomic mass is 35.5. The summed E-state index contributed by atoms with van der Waals surface area (Å²) in [5, 5.41) is 2.17. The van der Waals surface area contributed by atoms with Gasteiger partial charge in [0.15, 0.2) is 17.2 Å². The maximum absolute atomic E-state index is 13.4. The minimum atomic E-state index is -1.34. The van der Waals surface area contributed by atoms with E-state index in [1.54, 1.807) is 50.0 Å². The molecule has 166 valence electrons. The number of fused-ring (bicyclic) bond motifs is 2. The second kappa shape index (κ2) is 7.94. The Morgan fingerprint density at radius 3 is 2.55 bits per heavy atom. The molecular formula is C22H25ClN2O6. The number of hydrogen-bond acceptors (Lipinski definition) is 7. The summed E-state index contributed by atoms with van der Waals surface area (Å²) in [6.45, 7) is 5.50. The van der Waals surface area contributed by atoms with Crippen molar-refractivity contribution in [2.45, 2.75) is 51.5 Å². The molecule has 1 N–H and O–H groups in total. The molecule has 1 aromatic carbocycles. The van der Waals surface area contributed by atoms with Gasteiger partial charge in [0, 0.05) is 5.02 Å². The number of piperidine rings is 1. The third kappa shape index (κ3) is 3.53. The number of furan rings is 1. The third-order valence-electron chi connectivity index (χ3n) is 6.23. The zero-order valence-corrected chi connectivity index (χ0v) is 18.4. The van der Waals surface area contributed by atoms with Crippen LogP contribution in [0.2, 0.25) is 5.02 Å². The molecule has 2 saturated heterocycles. The van der Waals surface area contributed by atoms with E-state index in [9.17, 15) is 9.59 Å². The summed E-state index contributed by atoms with van der Waals surface area (Å²) < 4.78 is 10.7. The van der Waals surface area contributed by atoms with Crippen LogP contribution in [0.4, 0.5) is 0 Å². The Kier molecular flexibility index (Phi) is 5.59. The predicted octanol–water partition coefficient (Wildman–Crippen LogP) is 3.86. The SMILES string of the molecule is CCOC(=O)C1(Cc2ccc(Cl)cc2)CCC2(C)OOC1(C)N2NC(=O)c1ccco1. The number of hydrazine groups is 1. The summed E-state index contributed by atoms with van der Waals surface area (Å²) in [6.07, 6.45) is 2.59. The first-order chi connectivity index (χ1) is 14.7. The van der Waals surface area contributed by atoms with Gasteiger partial charge in [-0.3, -0.25) is 15.0 Å². The lowest BCUT2D eigenvalue weighted by Gasteiger charge is -2.52. The molecule has 31 heavy (non-hydrogen) atoms. The fourth-order valence-corrected chi connectivity index (χ4v) is 4.57. The topological polar surface area (TPSA) is 90.2 Å². The van der Waals surface area contributed by atoms with E-state index in [1.807, 2.05) is 12.1 Å². The van der Waals surface area contributed by atoms with Crippen molar-refractivity contribution < 1.29 is 28.5 Å². The highest BCUT2D eigenvalue weighted by Gasteiger charge is 2.71. The Balaban J connectivity index is 1.74. The van der Waals surface area contributed by atoms with Crippen molar-refractivity contribution >= 4 is 23.5 Å².